The van der Waals surface area contributed by atoms with Crippen LogP contribution in [0.5, 0.6) is 11.5 Å². The third-order valence-corrected chi connectivity index (χ3v) is 5.78. The summed E-state index contributed by atoms with van der Waals surface area (Å²) in [6.45, 7) is 13.6. The molecule has 8 nitrogen and oxygen atoms in total. The van der Waals surface area contributed by atoms with Gasteiger partial charge in [0.05, 0.1) is 19.9 Å². The number of aliphatic imine (C=N–C) groups is 1. The highest BCUT2D eigenvalue weighted by Gasteiger charge is 2.20. The van der Waals surface area contributed by atoms with Gasteiger partial charge in [0.25, 0.3) is 0 Å². The van der Waals surface area contributed by atoms with E-state index in [1.54, 1.807) is 14.2 Å². The molecule has 1 aliphatic heterocycles. The Hall–Kier alpha value is -2.01. The lowest BCUT2D eigenvalue weighted by atomic mass is 10.1. The van der Waals surface area contributed by atoms with Gasteiger partial charge in [-0.2, -0.15) is 5.10 Å². The summed E-state index contributed by atoms with van der Waals surface area (Å²) < 4.78 is 13.0. The number of halogens is 1. The standard InChI is InChI=1S/C24H38N6O2.HI/c1-6-25-24(26-10-7-11-30-20(3)16-19(2)27-30)29-14-12-28(13-15-29)18-21-17-22(31-4)8-9-23(21)32-5;/h8-9,16-17H,6-7,10-15,18H2,1-5H3,(H,25,26);1H. The van der Waals surface area contributed by atoms with Crippen LogP contribution in [0.4, 0.5) is 0 Å². The van der Waals surface area contributed by atoms with Crippen molar-refractivity contribution in [3.8, 4) is 11.5 Å². The zero-order valence-electron chi connectivity index (χ0n) is 20.6. The summed E-state index contributed by atoms with van der Waals surface area (Å²) in [5.74, 6) is 2.78. The second kappa shape index (κ2) is 13.6. The fourth-order valence-corrected chi connectivity index (χ4v) is 4.10. The quantitative estimate of drug-likeness (QED) is 0.216. The predicted molar refractivity (Wildman–Crippen MR) is 144 cm³/mol. The molecule has 1 N–H and O–H groups in total. The number of aryl methyl sites for hydroxylation is 3. The number of guanidine groups is 1. The Bertz CT molecular complexity index is 893. The number of rotatable bonds is 9. The molecule has 0 bridgehead atoms. The zero-order chi connectivity index (χ0) is 22.9. The molecule has 2 heterocycles. The number of aromatic nitrogens is 2. The van der Waals surface area contributed by atoms with E-state index in [-0.39, 0.29) is 24.0 Å². The average Bonchev–Trinajstić information content (AvgIpc) is 3.13. The molecule has 0 atom stereocenters. The van der Waals surface area contributed by atoms with E-state index >= 15 is 0 Å². The molecular formula is C24H39IN6O2. The van der Waals surface area contributed by atoms with Crippen LogP contribution in [0.1, 0.15) is 30.3 Å². The van der Waals surface area contributed by atoms with Gasteiger partial charge in [0.1, 0.15) is 11.5 Å². The van der Waals surface area contributed by atoms with Gasteiger partial charge in [0.15, 0.2) is 5.96 Å². The van der Waals surface area contributed by atoms with E-state index in [1.807, 2.05) is 19.1 Å². The molecule has 0 saturated carbocycles. The SMILES string of the molecule is CCNC(=NCCCn1nc(C)cc1C)N1CCN(Cc2cc(OC)ccc2OC)CC1.I. The van der Waals surface area contributed by atoms with Crippen LogP contribution in [0.15, 0.2) is 29.3 Å². The third-order valence-electron chi connectivity index (χ3n) is 5.78. The Balaban J connectivity index is 0.00000385. The molecule has 1 aliphatic rings. The van der Waals surface area contributed by atoms with Gasteiger partial charge < -0.3 is 19.7 Å². The number of nitrogens with zero attached hydrogens (tertiary/aromatic N) is 5. The van der Waals surface area contributed by atoms with Crippen LogP contribution in [0.3, 0.4) is 0 Å². The first-order chi connectivity index (χ1) is 15.5. The van der Waals surface area contributed by atoms with Crippen molar-refractivity contribution in [3.05, 3.63) is 41.2 Å². The Morgan fingerprint density at radius 1 is 1.09 bits per heavy atom. The number of benzene rings is 1. The molecule has 9 heteroatoms. The fourth-order valence-electron chi connectivity index (χ4n) is 4.10. The second-order valence-electron chi connectivity index (χ2n) is 8.18. The van der Waals surface area contributed by atoms with Gasteiger partial charge in [0, 0.05) is 63.6 Å². The Morgan fingerprint density at radius 3 is 2.45 bits per heavy atom. The number of nitrogens with one attached hydrogen (secondary N) is 1. The van der Waals surface area contributed by atoms with E-state index in [4.69, 9.17) is 14.5 Å². The highest BCUT2D eigenvalue weighted by molar-refractivity contribution is 14.0. The highest BCUT2D eigenvalue weighted by Crippen LogP contribution is 2.25. The molecule has 0 aliphatic carbocycles. The van der Waals surface area contributed by atoms with Gasteiger partial charge in [-0.25, -0.2) is 0 Å². The van der Waals surface area contributed by atoms with Crippen LogP contribution >= 0.6 is 24.0 Å². The maximum atomic E-state index is 5.55. The molecule has 0 unspecified atom stereocenters. The van der Waals surface area contributed by atoms with Gasteiger partial charge in [-0.3, -0.25) is 14.6 Å². The number of hydrogen-bond acceptors (Lipinski definition) is 5. The zero-order valence-corrected chi connectivity index (χ0v) is 23.0. The van der Waals surface area contributed by atoms with Crippen molar-refractivity contribution in [3.63, 3.8) is 0 Å². The molecule has 0 spiro atoms. The molecule has 1 fully saturated rings. The second-order valence-corrected chi connectivity index (χ2v) is 8.18. The summed E-state index contributed by atoms with van der Waals surface area (Å²) in [5, 5.41) is 8.00. The number of methoxy groups -OCH3 is 2. The predicted octanol–water partition coefficient (Wildman–Crippen LogP) is 3.31. The first-order valence-corrected chi connectivity index (χ1v) is 11.5. The summed E-state index contributed by atoms with van der Waals surface area (Å²) in [7, 11) is 3.42. The van der Waals surface area contributed by atoms with Crippen molar-refractivity contribution < 1.29 is 9.47 Å². The van der Waals surface area contributed by atoms with Gasteiger partial charge in [0.2, 0.25) is 0 Å². The topological polar surface area (TPSA) is 67.2 Å². The van der Waals surface area contributed by atoms with Crippen LogP contribution in [0.2, 0.25) is 0 Å². The largest absolute Gasteiger partial charge is 0.497 e. The summed E-state index contributed by atoms with van der Waals surface area (Å²) in [4.78, 5) is 9.71. The van der Waals surface area contributed by atoms with Crippen LogP contribution < -0.4 is 14.8 Å². The van der Waals surface area contributed by atoms with E-state index in [1.165, 1.54) is 5.69 Å². The monoisotopic (exact) mass is 570 g/mol. The molecule has 0 amide bonds. The summed E-state index contributed by atoms with van der Waals surface area (Å²) in [6.07, 6.45) is 0.979. The first-order valence-electron chi connectivity index (χ1n) is 11.5. The first kappa shape index (κ1) is 27.2. The van der Waals surface area contributed by atoms with E-state index in [2.05, 4.69) is 50.9 Å². The average molecular weight is 571 g/mol. The maximum Gasteiger partial charge on any atom is 0.194 e. The van der Waals surface area contributed by atoms with E-state index in [0.29, 0.717) is 0 Å². The van der Waals surface area contributed by atoms with Crippen molar-refractivity contribution in [2.75, 3.05) is 53.5 Å². The van der Waals surface area contributed by atoms with Crippen LogP contribution in [-0.4, -0.2) is 79.0 Å². The molecule has 3 rings (SSSR count). The molecule has 2 aromatic rings. The van der Waals surface area contributed by atoms with Crippen LogP contribution in [0.25, 0.3) is 0 Å². The summed E-state index contributed by atoms with van der Waals surface area (Å²) in [5.41, 5.74) is 3.44. The lowest BCUT2D eigenvalue weighted by Crippen LogP contribution is -2.52. The molecule has 1 aromatic carbocycles. The Labute approximate surface area is 215 Å². The molecular weight excluding hydrogens is 531 g/mol. The van der Waals surface area contributed by atoms with E-state index in [0.717, 1.165) is 87.5 Å². The van der Waals surface area contributed by atoms with E-state index < -0.39 is 0 Å². The van der Waals surface area contributed by atoms with Crippen molar-refractivity contribution in [2.45, 2.75) is 40.3 Å². The summed E-state index contributed by atoms with van der Waals surface area (Å²) >= 11 is 0. The lowest BCUT2D eigenvalue weighted by molar-refractivity contribution is 0.171. The molecule has 0 radical (unpaired) electrons. The molecule has 1 saturated heterocycles. The fraction of sp³-hybridized carbons (Fsp3) is 0.583. The molecule has 33 heavy (non-hydrogen) atoms. The van der Waals surface area contributed by atoms with Gasteiger partial charge in [-0.05, 0) is 51.5 Å². The van der Waals surface area contributed by atoms with Gasteiger partial charge >= 0.3 is 0 Å². The van der Waals surface area contributed by atoms with Crippen molar-refractivity contribution in [1.29, 1.82) is 0 Å². The Morgan fingerprint density at radius 2 is 1.85 bits per heavy atom. The van der Waals surface area contributed by atoms with Gasteiger partial charge in [-0.15, -0.1) is 24.0 Å². The number of ether oxygens (including phenoxy) is 2. The van der Waals surface area contributed by atoms with E-state index in [9.17, 15) is 0 Å². The summed E-state index contributed by atoms with van der Waals surface area (Å²) in [6, 6.07) is 8.11. The lowest BCUT2D eigenvalue weighted by Gasteiger charge is -2.36. The minimum Gasteiger partial charge on any atom is -0.497 e. The third kappa shape index (κ3) is 7.77. The molecule has 184 valence electrons. The van der Waals surface area contributed by atoms with Crippen molar-refractivity contribution in [1.82, 2.24) is 24.9 Å². The smallest absolute Gasteiger partial charge is 0.194 e. The molecule has 1 aromatic heterocycles. The number of hydrogen-bond donors (Lipinski definition) is 1. The number of piperazine rings is 1. The van der Waals surface area contributed by atoms with Crippen LogP contribution in [-0.2, 0) is 13.1 Å². The minimum atomic E-state index is 0. The van der Waals surface area contributed by atoms with Crippen molar-refractivity contribution >= 4 is 29.9 Å². The van der Waals surface area contributed by atoms with Crippen LogP contribution in [0, 0.1) is 13.8 Å². The Kier molecular flexibility index (Phi) is 11.3. The minimum absolute atomic E-state index is 0. The highest BCUT2D eigenvalue weighted by atomic mass is 127. The van der Waals surface area contributed by atoms with Crippen molar-refractivity contribution in [2.24, 2.45) is 4.99 Å². The normalized spacial score (nSPS) is 14.7. The van der Waals surface area contributed by atoms with Gasteiger partial charge in [-0.1, -0.05) is 0 Å². The maximum absolute atomic E-state index is 5.55.